The molecule has 0 amide bonds. The highest BCUT2D eigenvalue weighted by atomic mass is 15.3. The Morgan fingerprint density at radius 1 is 1.26 bits per heavy atom. The molecule has 4 nitrogen and oxygen atoms in total. The van der Waals surface area contributed by atoms with Gasteiger partial charge in [0, 0.05) is 18.4 Å². The lowest BCUT2D eigenvalue weighted by atomic mass is 10.1. The lowest BCUT2D eigenvalue weighted by Gasteiger charge is -2.06. The van der Waals surface area contributed by atoms with Crippen molar-refractivity contribution in [2.45, 2.75) is 40.3 Å². The average molecular weight is 258 g/mol. The van der Waals surface area contributed by atoms with Crippen LogP contribution in [0.15, 0.2) is 18.3 Å². The second-order valence-corrected chi connectivity index (χ2v) is 4.85. The summed E-state index contributed by atoms with van der Waals surface area (Å²) in [5, 5.41) is 7.72. The number of aromatic nitrogens is 3. The zero-order valence-corrected chi connectivity index (χ0v) is 12.2. The monoisotopic (exact) mass is 258 g/mol. The first-order chi connectivity index (χ1) is 9.15. The molecule has 0 aliphatic heterocycles. The SMILES string of the molecule is CCc1c(C)nn(Cc2ccc(CNC)cn2)c1C. The van der Waals surface area contributed by atoms with Gasteiger partial charge in [-0.05, 0) is 44.5 Å². The van der Waals surface area contributed by atoms with Crippen LogP contribution in [0.4, 0.5) is 0 Å². The first kappa shape index (κ1) is 13.7. The highest BCUT2D eigenvalue weighted by Gasteiger charge is 2.10. The summed E-state index contributed by atoms with van der Waals surface area (Å²) in [7, 11) is 1.94. The summed E-state index contributed by atoms with van der Waals surface area (Å²) in [5.41, 5.74) is 5.99. The van der Waals surface area contributed by atoms with Gasteiger partial charge >= 0.3 is 0 Å². The van der Waals surface area contributed by atoms with Gasteiger partial charge in [0.25, 0.3) is 0 Å². The first-order valence-corrected chi connectivity index (χ1v) is 6.77. The molecule has 0 aliphatic carbocycles. The van der Waals surface area contributed by atoms with Gasteiger partial charge in [0.15, 0.2) is 0 Å². The Kier molecular flexibility index (Phi) is 4.32. The van der Waals surface area contributed by atoms with Gasteiger partial charge in [0.2, 0.25) is 0 Å². The van der Waals surface area contributed by atoms with Gasteiger partial charge in [-0.3, -0.25) is 9.67 Å². The fourth-order valence-electron chi connectivity index (χ4n) is 2.41. The second-order valence-electron chi connectivity index (χ2n) is 4.85. The third-order valence-corrected chi connectivity index (χ3v) is 3.46. The van der Waals surface area contributed by atoms with Crippen LogP contribution in [0.1, 0.15) is 35.1 Å². The third kappa shape index (κ3) is 3.01. The molecule has 2 aromatic heterocycles. The first-order valence-electron chi connectivity index (χ1n) is 6.77. The summed E-state index contributed by atoms with van der Waals surface area (Å²) in [4.78, 5) is 4.50. The number of rotatable bonds is 5. The fraction of sp³-hybridized carbons (Fsp3) is 0.467. The smallest absolute Gasteiger partial charge is 0.0834 e. The molecule has 0 saturated heterocycles. The maximum Gasteiger partial charge on any atom is 0.0834 e. The molecule has 2 heterocycles. The van der Waals surface area contributed by atoms with Crippen LogP contribution in [0, 0.1) is 13.8 Å². The number of nitrogens with one attached hydrogen (secondary N) is 1. The molecule has 0 bridgehead atoms. The van der Waals surface area contributed by atoms with E-state index in [2.05, 4.69) is 48.3 Å². The van der Waals surface area contributed by atoms with Crippen LogP contribution in [0.3, 0.4) is 0 Å². The Balaban J connectivity index is 2.17. The zero-order chi connectivity index (χ0) is 13.8. The predicted molar refractivity (Wildman–Crippen MR) is 77.2 cm³/mol. The van der Waals surface area contributed by atoms with E-state index < -0.39 is 0 Å². The van der Waals surface area contributed by atoms with Crippen molar-refractivity contribution in [2.24, 2.45) is 0 Å². The summed E-state index contributed by atoms with van der Waals surface area (Å²) < 4.78 is 2.05. The molecule has 102 valence electrons. The standard InChI is InChI=1S/C15H22N4/c1-5-15-11(2)18-19(12(15)3)10-14-7-6-13(8-16-4)9-17-14/h6-7,9,16H,5,8,10H2,1-4H3. The molecule has 0 radical (unpaired) electrons. The van der Waals surface area contributed by atoms with Crippen molar-refractivity contribution in [3.63, 3.8) is 0 Å². The van der Waals surface area contributed by atoms with Gasteiger partial charge in [-0.2, -0.15) is 5.10 Å². The Bertz CT molecular complexity index is 540. The van der Waals surface area contributed by atoms with E-state index >= 15 is 0 Å². The lowest BCUT2D eigenvalue weighted by Crippen LogP contribution is -2.08. The lowest BCUT2D eigenvalue weighted by molar-refractivity contribution is 0.645. The molecule has 0 fully saturated rings. The molecular weight excluding hydrogens is 236 g/mol. The van der Waals surface area contributed by atoms with E-state index in [1.165, 1.54) is 16.8 Å². The summed E-state index contributed by atoms with van der Waals surface area (Å²) >= 11 is 0. The molecule has 0 aromatic carbocycles. The Morgan fingerprint density at radius 2 is 2.05 bits per heavy atom. The molecule has 0 spiro atoms. The van der Waals surface area contributed by atoms with Crippen molar-refractivity contribution in [2.75, 3.05) is 7.05 Å². The number of hydrogen-bond acceptors (Lipinski definition) is 3. The van der Waals surface area contributed by atoms with Crippen LogP contribution < -0.4 is 5.32 Å². The summed E-state index contributed by atoms with van der Waals surface area (Å²) in [6, 6.07) is 4.19. The Hall–Kier alpha value is -1.68. The van der Waals surface area contributed by atoms with Crippen LogP contribution in [0.5, 0.6) is 0 Å². The maximum absolute atomic E-state index is 4.60. The Labute approximate surface area is 114 Å². The minimum atomic E-state index is 0.743. The minimum absolute atomic E-state index is 0.743. The van der Waals surface area contributed by atoms with Crippen LogP contribution in [0.2, 0.25) is 0 Å². The maximum atomic E-state index is 4.60. The number of pyridine rings is 1. The molecule has 4 heteroatoms. The van der Waals surface area contributed by atoms with E-state index in [9.17, 15) is 0 Å². The van der Waals surface area contributed by atoms with E-state index in [-0.39, 0.29) is 0 Å². The molecule has 0 unspecified atom stereocenters. The van der Waals surface area contributed by atoms with Crippen LogP contribution in [-0.2, 0) is 19.5 Å². The van der Waals surface area contributed by atoms with Crippen molar-refractivity contribution in [3.05, 3.63) is 46.5 Å². The van der Waals surface area contributed by atoms with E-state index in [4.69, 9.17) is 0 Å². The quantitative estimate of drug-likeness (QED) is 0.894. The molecule has 0 aliphatic rings. The van der Waals surface area contributed by atoms with Gasteiger partial charge in [0.1, 0.15) is 0 Å². The molecule has 0 saturated carbocycles. The summed E-state index contributed by atoms with van der Waals surface area (Å²) in [6.07, 6.45) is 2.96. The van der Waals surface area contributed by atoms with Crippen molar-refractivity contribution < 1.29 is 0 Å². The van der Waals surface area contributed by atoms with Crippen molar-refractivity contribution in [1.29, 1.82) is 0 Å². The van der Waals surface area contributed by atoms with Crippen LogP contribution in [-0.4, -0.2) is 21.8 Å². The van der Waals surface area contributed by atoms with Gasteiger partial charge < -0.3 is 5.32 Å². The molecule has 2 aromatic rings. The van der Waals surface area contributed by atoms with E-state index in [0.29, 0.717) is 0 Å². The van der Waals surface area contributed by atoms with E-state index in [1.54, 1.807) is 0 Å². The fourth-order valence-corrected chi connectivity index (χ4v) is 2.41. The van der Waals surface area contributed by atoms with Crippen molar-refractivity contribution in [1.82, 2.24) is 20.1 Å². The van der Waals surface area contributed by atoms with Gasteiger partial charge in [-0.15, -0.1) is 0 Å². The van der Waals surface area contributed by atoms with Crippen LogP contribution in [0.25, 0.3) is 0 Å². The number of aryl methyl sites for hydroxylation is 1. The predicted octanol–water partition coefficient (Wildman–Crippen LogP) is 2.23. The second kappa shape index (κ2) is 5.97. The zero-order valence-electron chi connectivity index (χ0n) is 12.2. The Morgan fingerprint density at radius 3 is 2.58 bits per heavy atom. The summed E-state index contributed by atoms with van der Waals surface area (Å²) in [5.74, 6) is 0. The minimum Gasteiger partial charge on any atom is -0.316 e. The van der Waals surface area contributed by atoms with E-state index in [1.807, 2.05) is 17.9 Å². The number of hydrogen-bond donors (Lipinski definition) is 1. The molecular formula is C15H22N4. The van der Waals surface area contributed by atoms with Crippen LogP contribution >= 0.6 is 0 Å². The molecule has 0 atom stereocenters. The van der Waals surface area contributed by atoms with E-state index in [0.717, 1.165) is 30.9 Å². The number of nitrogens with zero attached hydrogens (tertiary/aromatic N) is 3. The molecule has 2 rings (SSSR count). The van der Waals surface area contributed by atoms with Gasteiger partial charge in [0.05, 0.1) is 17.9 Å². The summed E-state index contributed by atoms with van der Waals surface area (Å²) in [6.45, 7) is 7.98. The third-order valence-electron chi connectivity index (χ3n) is 3.46. The highest BCUT2D eigenvalue weighted by molar-refractivity contribution is 5.25. The van der Waals surface area contributed by atoms with Crippen molar-refractivity contribution >= 4 is 0 Å². The topological polar surface area (TPSA) is 42.7 Å². The van der Waals surface area contributed by atoms with Gasteiger partial charge in [-0.25, -0.2) is 0 Å². The average Bonchev–Trinajstić information content (AvgIpc) is 2.67. The highest BCUT2D eigenvalue weighted by Crippen LogP contribution is 2.14. The van der Waals surface area contributed by atoms with Crippen molar-refractivity contribution in [3.8, 4) is 0 Å². The van der Waals surface area contributed by atoms with Gasteiger partial charge in [-0.1, -0.05) is 13.0 Å². The molecule has 1 N–H and O–H groups in total. The largest absolute Gasteiger partial charge is 0.316 e. The normalized spacial score (nSPS) is 10.9. The molecule has 19 heavy (non-hydrogen) atoms.